The number of hydrogen-bond donors (Lipinski definition) is 0. The van der Waals surface area contributed by atoms with Crippen LogP contribution in [0.15, 0.2) is 10.5 Å². The average Bonchev–Trinajstić information content (AvgIpc) is 1.36. The van der Waals surface area contributed by atoms with Gasteiger partial charge in [-0.2, -0.15) is 0 Å². The number of halogens is 3. The molecular formula is C2F3Zn. The Balaban J connectivity index is 3.68. The summed E-state index contributed by atoms with van der Waals surface area (Å²) in [6.07, 6.45) is -2.19. The van der Waals surface area contributed by atoms with Gasteiger partial charge in [0.05, 0.1) is 0 Å². The summed E-state index contributed by atoms with van der Waals surface area (Å²) in [7, 11) is 0. The molecule has 0 aromatic carbocycles. The van der Waals surface area contributed by atoms with Crippen molar-refractivity contribution in [1.29, 1.82) is 0 Å². The van der Waals surface area contributed by atoms with Crippen molar-refractivity contribution < 1.29 is 31.5 Å². The Hall–Kier alpha value is 0.153. The van der Waals surface area contributed by atoms with Gasteiger partial charge in [-0.25, -0.2) is 0 Å². The molecule has 0 aromatic heterocycles. The third-order valence-corrected chi connectivity index (χ3v) is 0.766. The van der Waals surface area contributed by atoms with E-state index in [1.54, 1.807) is 0 Å². The van der Waals surface area contributed by atoms with E-state index in [4.69, 9.17) is 0 Å². The van der Waals surface area contributed by atoms with Gasteiger partial charge in [0.1, 0.15) is 0 Å². The van der Waals surface area contributed by atoms with Crippen LogP contribution in [0.3, 0.4) is 0 Å². The van der Waals surface area contributed by atoms with E-state index in [0.717, 1.165) is 0 Å². The van der Waals surface area contributed by atoms with Gasteiger partial charge in [-0.3, -0.25) is 0 Å². The monoisotopic (exact) mass is 145 g/mol. The second-order valence-corrected chi connectivity index (χ2v) is 1.97. The van der Waals surface area contributed by atoms with Gasteiger partial charge in [0.25, 0.3) is 0 Å². The molecule has 31 valence electrons. The van der Waals surface area contributed by atoms with Crippen LogP contribution in [0.5, 0.6) is 0 Å². The molecule has 0 bridgehead atoms. The van der Waals surface area contributed by atoms with Crippen molar-refractivity contribution in [3.05, 3.63) is 10.5 Å². The predicted octanol–water partition coefficient (Wildman–Crippen LogP) is 1.57. The molecule has 0 amide bonds. The van der Waals surface area contributed by atoms with Crippen LogP contribution >= 0.6 is 0 Å². The minimum absolute atomic E-state index is 0.0949. The first kappa shape index (κ1) is 6.15. The topological polar surface area (TPSA) is 0 Å². The molecule has 0 aromatic rings. The van der Waals surface area contributed by atoms with Gasteiger partial charge < -0.3 is 0 Å². The van der Waals surface area contributed by atoms with E-state index in [-0.39, 0.29) is 18.3 Å². The van der Waals surface area contributed by atoms with E-state index in [1.807, 2.05) is 0 Å². The van der Waals surface area contributed by atoms with Gasteiger partial charge >= 0.3 is 42.0 Å². The van der Waals surface area contributed by atoms with Crippen molar-refractivity contribution in [1.82, 2.24) is 0 Å². The molecule has 0 aliphatic rings. The molecule has 0 nitrogen and oxygen atoms in total. The van der Waals surface area contributed by atoms with E-state index in [1.165, 1.54) is 0 Å². The number of hydrogen-bond acceptors (Lipinski definition) is 0. The molecule has 0 aliphatic heterocycles. The Morgan fingerprint density at radius 2 is 1.33 bits per heavy atom. The zero-order valence-corrected chi connectivity index (χ0v) is 5.81. The molecule has 0 heterocycles. The Labute approximate surface area is 42.7 Å². The Kier molecular flexibility index (Phi) is 2.41. The average molecular weight is 146 g/mol. The molecular weight excluding hydrogens is 146 g/mol. The van der Waals surface area contributed by atoms with Crippen LogP contribution in [0.1, 0.15) is 0 Å². The van der Waals surface area contributed by atoms with Crippen molar-refractivity contribution >= 4 is 0 Å². The molecule has 0 spiro atoms. The van der Waals surface area contributed by atoms with Crippen LogP contribution in [-0.4, -0.2) is 0 Å². The SMILES string of the molecule is FC(F)=[C](F)[Zn]. The Bertz CT molecular complexity index is 58.9. The summed E-state index contributed by atoms with van der Waals surface area (Å²) in [5.74, 6) is 0. The molecule has 4 heteroatoms. The minimum atomic E-state index is -2.19. The van der Waals surface area contributed by atoms with E-state index in [2.05, 4.69) is 0 Å². The fraction of sp³-hybridized carbons (Fsp3) is 0. The fourth-order valence-corrected chi connectivity index (χ4v) is 0. The van der Waals surface area contributed by atoms with Crippen LogP contribution in [0.4, 0.5) is 13.2 Å². The molecule has 0 N–H and O–H groups in total. The summed E-state index contributed by atoms with van der Waals surface area (Å²) >= 11 is -0.0949. The molecule has 0 radical (unpaired) electrons. The van der Waals surface area contributed by atoms with E-state index in [9.17, 15) is 13.2 Å². The predicted molar refractivity (Wildman–Crippen MR) is 10.4 cm³/mol. The van der Waals surface area contributed by atoms with Gasteiger partial charge in [0, 0.05) is 0 Å². The summed E-state index contributed by atoms with van der Waals surface area (Å²) in [5.41, 5.74) is 0. The molecule has 0 fully saturated rings. The fourth-order valence-electron chi connectivity index (χ4n) is 0. The van der Waals surface area contributed by atoms with Crippen LogP contribution in [0.25, 0.3) is 0 Å². The third-order valence-electron chi connectivity index (χ3n) is 0.205. The molecule has 0 aliphatic carbocycles. The Morgan fingerprint density at radius 1 is 1.17 bits per heavy atom. The van der Waals surface area contributed by atoms with Gasteiger partial charge in [-0.15, -0.1) is 0 Å². The number of rotatable bonds is 0. The van der Waals surface area contributed by atoms with Crippen LogP contribution in [0.2, 0.25) is 0 Å². The quantitative estimate of drug-likeness (QED) is 0.455. The first-order valence-corrected chi connectivity index (χ1v) is 2.65. The molecule has 0 saturated heterocycles. The van der Waals surface area contributed by atoms with Crippen LogP contribution in [-0.2, 0) is 18.3 Å². The van der Waals surface area contributed by atoms with Crippen LogP contribution in [0, 0.1) is 0 Å². The van der Waals surface area contributed by atoms with Crippen molar-refractivity contribution in [2.24, 2.45) is 0 Å². The molecule has 0 rings (SSSR count). The van der Waals surface area contributed by atoms with E-state index >= 15 is 0 Å². The summed E-state index contributed by atoms with van der Waals surface area (Å²) < 4.78 is 31.1. The van der Waals surface area contributed by atoms with E-state index < -0.39 is 10.5 Å². The first-order chi connectivity index (χ1) is 2.64. The molecule has 0 saturated carbocycles. The van der Waals surface area contributed by atoms with Crippen molar-refractivity contribution in [2.45, 2.75) is 0 Å². The van der Waals surface area contributed by atoms with Gasteiger partial charge in [-0.05, 0) is 0 Å². The standard InChI is InChI=1S/C2F3.Zn/c3-1-2(4)5;. The molecule has 0 atom stereocenters. The Morgan fingerprint density at radius 3 is 1.33 bits per heavy atom. The second kappa shape index (κ2) is 2.35. The second-order valence-electron chi connectivity index (χ2n) is 0.665. The normalized spacial score (nSPS) is 8.17. The summed E-state index contributed by atoms with van der Waals surface area (Å²) in [6, 6.07) is 0. The van der Waals surface area contributed by atoms with Gasteiger partial charge in [0.15, 0.2) is 0 Å². The first-order valence-electron chi connectivity index (χ1n) is 1.17. The zero-order valence-electron chi connectivity index (χ0n) is 2.84. The maximum absolute atomic E-state index is 11.0. The molecule has 0 unspecified atom stereocenters. The van der Waals surface area contributed by atoms with Gasteiger partial charge in [-0.1, -0.05) is 0 Å². The van der Waals surface area contributed by atoms with Crippen molar-refractivity contribution in [3.8, 4) is 0 Å². The summed E-state index contributed by atoms with van der Waals surface area (Å²) in [4.78, 5) is 0. The zero-order chi connectivity index (χ0) is 5.15. The van der Waals surface area contributed by atoms with Crippen molar-refractivity contribution in [3.63, 3.8) is 0 Å². The third kappa shape index (κ3) is 2.39. The van der Waals surface area contributed by atoms with Gasteiger partial charge in [0.2, 0.25) is 0 Å². The summed E-state index contributed by atoms with van der Waals surface area (Å²) in [5, 5.41) is 0. The van der Waals surface area contributed by atoms with Crippen molar-refractivity contribution in [2.75, 3.05) is 0 Å². The molecule has 6 heavy (non-hydrogen) atoms. The summed E-state index contributed by atoms with van der Waals surface area (Å²) in [6.45, 7) is 0. The van der Waals surface area contributed by atoms with Crippen LogP contribution < -0.4 is 0 Å². The van der Waals surface area contributed by atoms with E-state index in [0.29, 0.717) is 0 Å². The maximum atomic E-state index is 11.0.